The zero-order valence-corrected chi connectivity index (χ0v) is 17.2. The Morgan fingerprint density at radius 1 is 0.897 bits per heavy atom. The quantitative estimate of drug-likeness (QED) is 0.646. The SMILES string of the molecule is COc1ccc(NC(=O)c2cc(C)nc(Nc3ccc(C)cc3C)n2)cc1OC. The highest BCUT2D eigenvalue weighted by atomic mass is 16.5. The smallest absolute Gasteiger partial charge is 0.274 e. The second-order valence-corrected chi connectivity index (χ2v) is 6.69. The Balaban J connectivity index is 1.82. The van der Waals surface area contributed by atoms with Gasteiger partial charge in [-0.3, -0.25) is 4.79 Å². The summed E-state index contributed by atoms with van der Waals surface area (Å²) in [5.41, 5.74) is 4.67. The molecule has 0 bridgehead atoms. The number of aryl methyl sites for hydroxylation is 3. The molecule has 0 radical (unpaired) electrons. The summed E-state index contributed by atoms with van der Waals surface area (Å²) in [6.45, 7) is 5.87. The molecule has 0 atom stereocenters. The monoisotopic (exact) mass is 392 g/mol. The topological polar surface area (TPSA) is 85.4 Å². The molecule has 2 aromatic carbocycles. The predicted octanol–water partition coefficient (Wildman–Crippen LogP) is 4.41. The number of aromatic nitrogens is 2. The lowest BCUT2D eigenvalue weighted by Crippen LogP contribution is -2.15. The van der Waals surface area contributed by atoms with Crippen LogP contribution in [0.5, 0.6) is 11.5 Å². The highest BCUT2D eigenvalue weighted by Gasteiger charge is 2.13. The van der Waals surface area contributed by atoms with Gasteiger partial charge in [-0.1, -0.05) is 17.7 Å². The minimum atomic E-state index is -0.341. The van der Waals surface area contributed by atoms with Crippen molar-refractivity contribution in [2.45, 2.75) is 20.8 Å². The molecular weight excluding hydrogens is 368 g/mol. The van der Waals surface area contributed by atoms with E-state index in [1.165, 1.54) is 5.56 Å². The second kappa shape index (κ2) is 8.60. The number of carbonyl (C=O) groups is 1. The van der Waals surface area contributed by atoms with Crippen LogP contribution in [0.3, 0.4) is 0 Å². The van der Waals surface area contributed by atoms with Crippen LogP contribution in [0.1, 0.15) is 27.3 Å². The average molecular weight is 392 g/mol. The van der Waals surface area contributed by atoms with Gasteiger partial charge in [-0.05, 0) is 50.6 Å². The summed E-state index contributed by atoms with van der Waals surface area (Å²) in [4.78, 5) is 21.5. The lowest BCUT2D eigenvalue weighted by molar-refractivity contribution is 0.102. The number of anilines is 3. The van der Waals surface area contributed by atoms with Crippen molar-refractivity contribution >= 4 is 23.2 Å². The zero-order chi connectivity index (χ0) is 21.0. The fraction of sp³-hybridized carbons (Fsp3) is 0.227. The number of rotatable bonds is 6. The normalized spacial score (nSPS) is 10.4. The molecule has 1 amide bonds. The van der Waals surface area contributed by atoms with Gasteiger partial charge < -0.3 is 20.1 Å². The minimum absolute atomic E-state index is 0.263. The van der Waals surface area contributed by atoms with Gasteiger partial charge >= 0.3 is 0 Å². The van der Waals surface area contributed by atoms with Gasteiger partial charge in [-0.15, -0.1) is 0 Å². The summed E-state index contributed by atoms with van der Waals surface area (Å²) in [5.74, 6) is 1.14. The highest BCUT2D eigenvalue weighted by molar-refractivity contribution is 6.03. The Bertz CT molecular complexity index is 1050. The summed E-state index contributed by atoms with van der Waals surface area (Å²) in [6, 6.07) is 12.9. The van der Waals surface area contributed by atoms with E-state index in [1.807, 2.05) is 32.9 Å². The van der Waals surface area contributed by atoms with Crippen LogP contribution in [-0.2, 0) is 0 Å². The van der Waals surface area contributed by atoms with Gasteiger partial charge in [0.05, 0.1) is 14.2 Å². The second-order valence-electron chi connectivity index (χ2n) is 6.69. The summed E-state index contributed by atoms with van der Waals surface area (Å²) < 4.78 is 10.5. The summed E-state index contributed by atoms with van der Waals surface area (Å²) >= 11 is 0. The predicted molar refractivity (Wildman–Crippen MR) is 113 cm³/mol. The Morgan fingerprint density at radius 2 is 1.66 bits per heavy atom. The molecule has 0 saturated carbocycles. The van der Waals surface area contributed by atoms with E-state index >= 15 is 0 Å². The molecule has 0 aliphatic rings. The highest BCUT2D eigenvalue weighted by Crippen LogP contribution is 2.30. The Hall–Kier alpha value is -3.61. The van der Waals surface area contributed by atoms with Gasteiger partial charge in [0.25, 0.3) is 5.91 Å². The first-order chi connectivity index (χ1) is 13.9. The van der Waals surface area contributed by atoms with Crippen molar-refractivity contribution in [2.75, 3.05) is 24.9 Å². The van der Waals surface area contributed by atoms with Gasteiger partial charge in [0.2, 0.25) is 5.95 Å². The third-order valence-electron chi connectivity index (χ3n) is 4.36. The molecule has 0 fully saturated rings. The van der Waals surface area contributed by atoms with E-state index in [9.17, 15) is 4.79 Å². The van der Waals surface area contributed by atoms with Crippen LogP contribution in [0.25, 0.3) is 0 Å². The molecule has 1 aromatic heterocycles. The maximum Gasteiger partial charge on any atom is 0.274 e. The van der Waals surface area contributed by atoms with Crippen LogP contribution in [-0.4, -0.2) is 30.1 Å². The Kier molecular flexibility index (Phi) is 5.97. The first-order valence-electron chi connectivity index (χ1n) is 9.13. The van der Waals surface area contributed by atoms with Crippen molar-refractivity contribution in [2.24, 2.45) is 0 Å². The largest absolute Gasteiger partial charge is 0.493 e. The average Bonchev–Trinajstić information content (AvgIpc) is 2.69. The summed E-state index contributed by atoms with van der Waals surface area (Å²) in [6.07, 6.45) is 0. The van der Waals surface area contributed by atoms with Crippen LogP contribution in [0.15, 0.2) is 42.5 Å². The number of nitrogens with zero attached hydrogens (tertiary/aromatic N) is 2. The van der Waals surface area contributed by atoms with E-state index in [0.29, 0.717) is 28.8 Å². The van der Waals surface area contributed by atoms with E-state index in [-0.39, 0.29) is 11.6 Å². The lowest BCUT2D eigenvalue weighted by atomic mass is 10.1. The maximum absolute atomic E-state index is 12.7. The number of ether oxygens (including phenoxy) is 2. The number of hydrogen-bond donors (Lipinski definition) is 2. The number of benzene rings is 2. The lowest BCUT2D eigenvalue weighted by Gasteiger charge is -2.12. The fourth-order valence-corrected chi connectivity index (χ4v) is 2.92. The van der Waals surface area contributed by atoms with Gasteiger partial charge in [0, 0.05) is 23.1 Å². The van der Waals surface area contributed by atoms with E-state index in [1.54, 1.807) is 38.5 Å². The molecule has 29 heavy (non-hydrogen) atoms. The summed E-state index contributed by atoms with van der Waals surface area (Å²) in [7, 11) is 3.10. The molecule has 3 aromatic rings. The van der Waals surface area contributed by atoms with Crippen molar-refractivity contribution in [3.05, 3.63) is 65.0 Å². The first kappa shape index (κ1) is 20.1. The first-order valence-corrected chi connectivity index (χ1v) is 9.13. The molecule has 0 spiro atoms. The summed E-state index contributed by atoms with van der Waals surface area (Å²) in [5, 5.41) is 6.02. The van der Waals surface area contributed by atoms with E-state index in [4.69, 9.17) is 9.47 Å². The molecule has 2 N–H and O–H groups in total. The molecule has 150 valence electrons. The number of amides is 1. The number of methoxy groups -OCH3 is 2. The van der Waals surface area contributed by atoms with Crippen LogP contribution >= 0.6 is 0 Å². The van der Waals surface area contributed by atoms with Crippen LogP contribution < -0.4 is 20.1 Å². The molecule has 0 aliphatic heterocycles. The van der Waals surface area contributed by atoms with E-state index in [0.717, 1.165) is 11.3 Å². The van der Waals surface area contributed by atoms with Gasteiger partial charge in [-0.2, -0.15) is 0 Å². The van der Waals surface area contributed by atoms with Crippen LogP contribution in [0.2, 0.25) is 0 Å². The fourth-order valence-electron chi connectivity index (χ4n) is 2.92. The van der Waals surface area contributed by atoms with Crippen molar-refractivity contribution in [3.63, 3.8) is 0 Å². The van der Waals surface area contributed by atoms with Gasteiger partial charge in [-0.25, -0.2) is 9.97 Å². The molecule has 1 heterocycles. The van der Waals surface area contributed by atoms with Crippen molar-refractivity contribution in [3.8, 4) is 11.5 Å². The van der Waals surface area contributed by atoms with Crippen molar-refractivity contribution in [1.82, 2.24) is 9.97 Å². The number of nitrogens with one attached hydrogen (secondary N) is 2. The molecule has 0 saturated heterocycles. The number of hydrogen-bond acceptors (Lipinski definition) is 6. The van der Waals surface area contributed by atoms with Crippen molar-refractivity contribution in [1.29, 1.82) is 0 Å². The van der Waals surface area contributed by atoms with Gasteiger partial charge in [0.1, 0.15) is 5.69 Å². The number of carbonyl (C=O) groups excluding carboxylic acids is 1. The molecule has 0 unspecified atom stereocenters. The Labute approximate surface area is 170 Å². The molecule has 7 heteroatoms. The minimum Gasteiger partial charge on any atom is -0.493 e. The standard InChI is InChI=1S/C22H24N4O3/c1-13-6-8-17(14(2)10-13)25-22-23-15(3)11-18(26-22)21(27)24-16-7-9-19(28-4)20(12-16)29-5/h6-12H,1-5H3,(H,24,27)(H,23,25,26). The zero-order valence-electron chi connectivity index (χ0n) is 17.2. The third kappa shape index (κ3) is 4.82. The van der Waals surface area contributed by atoms with E-state index < -0.39 is 0 Å². The van der Waals surface area contributed by atoms with E-state index in [2.05, 4.69) is 26.7 Å². The van der Waals surface area contributed by atoms with Crippen LogP contribution in [0.4, 0.5) is 17.3 Å². The van der Waals surface area contributed by atoms with Gasteiger partial charge in [0.15, 0.2) is 11.5 Å². The van der Waals surface area contributed by atoms with Crippen LogP contribution in [0, 0.1) is 20.8 Å². The Morgan fingerprint density at radius 3 is 2.34 bits per heavy atom. The maximum atomic E-state index is 12.7. The molecule has 0 aliphatic carbocycles. The molecule has 7 nitrogen and oxygen atoms in total. The molecular formula is C22H24N4O3. The van der Waals surface area contributed by atoms with Crippen molar-refractivity contribution < 1.29 is 14.3 Å². The molecule has 3 rings (SSSR count). The third-order valence-corrected chi connectivity index (χ3v) is 4.36.